The third-order valence-electron chi connectivity index (χ3n) is 1.98. The molecule has 0 amide bonds. The number of hydrogen-bond donors (Lipinski definition) is 1. The molecule has 1 aliphatic heterocycles. The van der Waals surface area contributed by atoms with Crippen LogP contribution in [0.5, 0.6) is 5.75 Å². The first-order valence-corrected chi connectivity index (χ1v) is 4.89. The van der Waals surface area contributed by atoms with E-state index >= 15 is 0 Å². The van der Waals surface area contributed by atoms with Crippen molar-refractivity contribution in [1.29, 1.82) is 0 Å². The number of nitrogens with one attached hydrogen (secondary N) is 1. The van der Waals surface area contributed by atoms with Gasteiger partial charge in [-0.2, -0.15) is 0 Å². The van der Waals surface area contributed by atoms with Crippen molar-refractivity contribution in [3.63, 3.8) is 0 Å². The molecular formula is C9H9BrFNO. The van der Waals surface area contributed by atoms with E-state index < -0.39 is 0 Å². The summed E-state index contributed by atoms with van der Waals surface area (Å²) in [6.07, 6.45) is 0. The average Bonchev–Trinajstić information content (AvgIpc) is 2.37. The Hall–Kier alpha value is -0.610. The second-order valence-electron chi connectivity index (χ2n) is 2.86. The van der Waals surface area contributed by atoms with Gasteiger partial charge in [-0.15, -0.1) is 0 Å². The molecule has 0 aromatic heterocycles. The van der Waals surface area contributed by atoms with Crippen LogP contribution in [0.3, 0.4) is 0 Å². The summed E-state index contributed by atoms with van der Waals surface area (Å²) >= 11 is 3.33. The molecule has 1 heterocycles. The molecule has 0 unspecified atom stereocenters. The molecule has 4 heteroatoms. The first-order valence-electron chi connectivity index (χ1n) is 4.09. The van der Waals surface area contributed by atoms with Crippen LogP contribution >= 0.6 is 15.9 Å². The van der Waals surface area contributed by atoms with Gasteiger partial charge in [0, 0.05) is 18.7 Å². The van der Waals surface area contributed by atoms with Gasteiger partial charge in [-0.05, 0) is 28.1 Å². The van der Waals surface area contributed by atoms with Crippen molar-refractivity contribution >= 4 is 15.9 Å². The zero-order chi connectivity index (χ0) is 9.26. The van der Waals surface area contributed by atoms with Crippen molar-refractivity contribution in [2.75, 3.05) is 13.2 Å². The number of hydrogen-bond acceptors (Lipinski definition) is 2. The summed E-state index contributed by atoms with van der Waals surface area (Å²) in [5.74, 6) is 0.414. The molecule has 13 heavy (non-hydrogen) atoms. The number of fused-ring (bicyclic) bond motifs is 1. The summed E-state index contributed by atoms with van der Waals surface area (Å²) in [6, 6.07) is 3.11. The van der Waals surface area contributed by atoms with Crippen LogP contribution in [0, 0.1) is 5.82 Å². The smallest absolute Gasteiger partial charge is 0.140 e. The fourth-order valence-electron chi connectivity index (χ4n) is 1.33. The Bertz CT molecular complexity index is 299. The summed E-state index contributed by atoms with van der Waals surface area (Å²) in [7, 11) is 0. The fourth-order valence-corrected chi connectivity index (χ4v) is 1.82. The third kappa shape index (κ3) is 1.69. The van der Waals surface area contributed by atoms with E-state index in [1.807, 2.05) is 0 Å². The molecule has 1 aromatic rings. The maximum atomic E-state index is 13.3. The molecule has 0 saturated heterocycles. The Labute approximate surface area is 84.2 Å². The third-order valence-corrected chi connectivity index (χ3v) is 2.61. The van der Waals surface area contributed by atoms with Crippen LogP contribution in [0.1, 0.15) is 5.56 Å². The second kappa shape index (κ2) is 3.64. The van der Waals surface area contributed by atoms with Crippen LogP contribution in [0.4, 0.5) is 4.39 Å². The molecule has 70 valence electrons. The molecule has 1 aliphatic rings. The predicted octanol–water partition coefficient (Wildman–Crippen LogP) is 2.07. The molecule has 0 bridgehead atoms. The maximum Gasteiger partial charge on any atom is 0.140 e. The Morgan fingerprint density at radius 3 is 3.15 bits per heavy atom. The quantitative estimate of drug-likeness (QED) is 0.756. The van der Waals surface area contributed by atoms with Crippen molar-refractivity contribution in [1.82, 2.24) is 5.32 Å². The number of rotatable bonds is 0. The Balaban J connectivity index is 2.50. The lowest BCUT2D eigenvalue weighted by atomic mass is 10.2. The van der Waals surface area contributed by atoms with Crippen LogP contribution < -0.4 is 10.1 Å². The first-order chi connectivity index (χ1) is 6.29. The van der Waals surface area contributed by atoms with E-state index in [0.717, 1.165) is 11.0 Å². The highest BCUT2D eigenvalue weighted by atomic mass is 79.9. The van der Waals surface area contributed by atoms with Gasteiger partial charge < -0.3 is 10.1 Å². The molecule has 0 spiro atoms. The topological polar surface area (TPSA) is 21.3 Å². The number of halogens is 2. The highest BCUT2D eigenvalue weighted by Crippen LogP contribution is 2.31. The van der Waals surface area contributed by atoms with E-state index in [1.54, 1.807) is 6.07 Å². The standard InChI is InChI=1S/C9H9BrFNO/c10-7-1-2-8(11)6-5-12-3-4-13-9(6)7/h1-2,12H,3-5H2. The largest absolute Gasteiger partial charge is 0.491 e. The molecule has 1 aromatic carbocycles. The van der Waals surface area contributed by atoms with Crippen molar-refractivity contribution in [2.24, 2.45) is 0 Å². The van der Waals surface area contributed by atoms with Gasteiger partial charge in [0.05, 0.1) is 4.47 Å². The van der Waals surface area contributed by atoms with E-state index in [0.29, 0.717) is 24.5 Å². The summed E-state index contributed by atoms with van der Waals surface area (Å²) in [6.45, 7) is 1.86. The highest BCUT2D eigenvalue weighted by molar-refractivity contribution is 9.10. The van der Waals surface area contributed by atoms with Gasteiger partial charge in [-0.1, -0.05) is 0 Å². The summed E-state index contributed by atoms with van der Waals surface area (Å²) in [5.41, 5.74) is 0.604. The van der Waals surface area contributed by atoms with Crippen molar-refractivity contribution < 1.29 is 9.13 Å². The van der Waals surface area contributed by atoms with Crippen molar-refractivity contribution in [3.05, 3.63) is 28.0 Å². The SMILES string of the molecule is Fc1ccc(Br)c2c1CNCCO2. The molecule has 2 nitrogen and oxygen atoms in total. The van der Waals surface area contributed by atoms with E-state index in [2.05, 4.69) is 21.2 Å². The van der Waals surface area contributed by atoms with Crippen molar-refractivity contribution in [2.45, 2.75) is 6.54 Å². The highest BCUT2D eigenvalue weighted by Gasteiger charge is 2.15. The molecule has 0 saturated carbocycles. The van der Waals surface area contributed by atoms with E-state index in [4.69, 9.17) is 4.74 Å². The lowest BCUT2D eigenvalue weighted by molar-refractivity contribution is 0.323. The Morgan fingerprint density at radius 1 is 1.46 bits per heavy atom. The minimum absolute atomic E-state index is 0.215. The molecule has 0 atom stereocenters. The minimum atomic E-state index is -0.215. The minimum Gasteiger partial charge on any atom is -0.491 e. The van der Waals surface area contributed by atoms with Crippen molar-refractivity contribution in [3.8, 4) is 5.75 Å². The fraction of sp³-hybridized carbons (Fsp3) is 0.333. The van der Waals surface area contributed by atoms with Gasteiger partial charge in [0.2, 0.25) is 0 Å². The first kappa shape index (κ1) is 8.97. The second-order valence-corrected chi connectivity index (χ2v) is 3.72. The van der Waals surface area contributed by atoms with Gasteiger partial charge in [-0.25, -0.2) is 4.39 Å². The maximum absolute atomic E-state index is 13.3. The molecular weight excluding hydrogens is 237 g/mol. The monoisotopic (exact) mass is 245 g/mol. The lowest BCUT2D eigenvalue weighted by Crippen LogP contribution is -2.16. The van der Waals surface area contributed by atoms with Gasteiger partial charge in [0.25, 0.3) is 0 Å². The number of ether oxygens (including phenoxy) is 1. The zero-order valence-corrected chi connectivity index (χ0v) is 8.53. The number of benzene rings is 1. The summed E-state index contributed by atoms with van der Waals surface area (Å²) < 4.78 is 19.5. The lowest BCUT2D eigenvalue weighted by Gasteiger charge is -2.08. The van der Waals surface area contributed by atoms with Crippen LogP contribution in [-0.2, 0) is 6.54 Å². The van der Waals surface area contributed by atoms with Gasteiger partial charge >= 0.3 is 0 Å². The van der Waals surface area contributed by atoms with E-state index in [-0.39, 0.29) is 5.82 Å². The van der Waals surface area contributed by atoms with Crippen LogP contribution in [-0.4, -0.2) is 13.2 Å². The molecule has 0 radical (unpaired) electrons. The zero-order valence-electron chi connectivity index (χ0n) is 6.94. The summed E-state index contributed by atoms with van der Waals surface area (Å²) in [5, 5.41) is 3.09. The van der Waals surface area contributed by atoms with E-state index in [1.165, 1.54) is 6.07 Å². The van der Waals surface area contributed by atoms with Gasteiger partial charge in [0.1, 0.15) is 18.2 Å². The molecule has 0 fully saturated rings. The molecule has 1 N–H and O–H groups in total. The van der Waals surface area contributed by atoms with Gasteiger partial charge in [-0.3, -0.25) is 0 Å². The van der Waals surface area contributed by atoms with Crippen LogP contribution in [0.2, 0.25) is 0 Å². The van der Waals surface area contributed by atoms with E-state index in [9.17, 15) is 4.39 Å². The predicted molar refractivity (Wildman–Crippen MR) is 51.3 cm³/mol. The van der Waals surface area contributed by atoms with Crippen LogP contribution in [0.25, 0.3) is 0 Å². The normalized spacial score (nSPS) is 15.8. The molecule has 0 aliphatic carbocycles. The van der Waals surface area contributed by atoms with Gasteiger partial charge in [0.15, 0.2) is 0 Å². The average molecular weight is 246 g/mol. The Kier molecular flexibility index (Phi) is 2.51. The molecule has 2 rings (SSSR count). The summed E-state index contributed by atoms with van der Waals surface area (Å²) in [4.78, 5) is 0. The van der Waals surface area contributed by atoms with Crippen LogP contribution in [0.15, 0.2) is 16.6 Å². The Morgan fingerprint density at radius 2 is 2.31 bits per heavy atom.